The third-order valence-corrected chi connectivity index (χ3v) is 5.70. The topological polar surface area (TPSA) is 97.7 Å². The lowest BCUT2D eigenvalue weighted by Crippen LogP contribution is -2.19. The Kier molecular flexibility index (Phi) is 5.63. The molecule has 1 fully saturated rings. The van der Waals surface area contributed by atoms with Gasteiger partial charge in [0, 0.05) is 23.8 Å². The molecule has 150 valence electrons. The highest BCUT2D eigenvalue weighted by atomic mass is 35.5. The smallest absolute Gasteiger partial charge is 0.269 e. The van der Waals surface area contributed by atoms with E-state index < -0.39 is 4.92 Å². The fraction of sp³-hybridized carbons (Fsp3) is 0. The number of rotatable bonds is 4. The molecule has 2 aromatic carbocycles. The van der Waals surface area contributed by atoms with Crippen molar-refractivity contribution in [1.29, 1.82) is 0 Å². The Balaban J connectivity index is 1.52. The van der Waals surface area contributed by atoms with Crippen molar-refractivity contribution >= 4 is 63.5 Å². The molecule has 1 aliphatic heterocycles. The molecule has 0 atom stereocenters. The Morgan fingerprint density at radius 1 is 1.07 bits per heavy atom. The maximum Gasteiger partial charge on any atom is 0.269 e. The van der Waals surface area contributed by atoms with Gasteiger partial charge >= 0.3 is 0 Å². The Hall–Kier alpha value is -3.07. The third-order valence-electron chi connectivity index (χ3n) is 4.05. The van der Waals surface area contributed by atoms with Gasteiger partial charge in [0.15, 0.2) is 5.17 Å². The van der Waals surface area contributed by atoms with Crippen molar-refractivity contribution in [3.05, 3.63) is 85.4 Å². The highest BCUT2D eigenvalue weighted by molar-refractivity contribution is 8.18. The summed E-state index contributed by atoms with van der Waals surface area (Å²) in [6, 6.07) is 14.4. The van der Waals surface area contributed by atoms with Crippen molar-refractivity contribution in [2.45, 2.75) is 0 Å². The number of nitrogens with one attached hydrogen (secondary N) is 1. The number of carbonyl (C=O) groups excluding carboxylic acids is 1. The zero-order chi connectivity index (χ0) is 21.3. The zero-order valence-electron chi connectivity index (χ0n) is 15.0. The van der Waals surface area contributed by atoms with Crippen LogP contribution >= 0.6 is 35.0 Å². The van der Waals surface area contributed by atoms with E-state index in [1.807, 2.05) is 0 Å². The normalized spacial score (nSPS) is 16.3. The largest absolute Gasteiger partial charge is 0.457 e. The molecule has 30 heavy (non-hydrogen) atoms. The Morgan fingerprint density at radius 3 is 2.53 bits per heavy atom. The lowest BCUT2D eigenvalue weighted by atomic mass is 10.1. The van der Waals surface area contributed by atoms with Crippen molar-refractivity contribution in [3.63, 3.8) is 0 Å². The number of hydrogen-bond donors (Lipinski definition) is 1. The first kappa shape index (κ1) is 20.2. The first-order valence-electron chi connectivity index (χ1n) is 8.48. The van der Waals surface area contributed by atoms with E-state index >= 15 is 0 Å². The Morgan fingerprint density at radius 2 is 1.83 bits per heavy atom. The van der Waals surface area contributed by atoms with Crippen LogP contribution in [0.3, 0.4) is 0 Å². The van der Waals surface area contributed by atoms with Crippen LogP contribution in [0.25, 0.3) is 17.4 Å². The number of non-ortho nitro benzene ring substituents is 1. The van der Waals surface area contributed by atoms with Crippen LogP contribution in [0.2, 0.25) is 10.0 Å². The molecule has 1 N–H and O–H groups in total. The highest BCUT2D eigenvalue weighted by Crippen LogP contribution is 2.32. The van der Waals surface area contributed by atoms with Gasteiger partial charge in [0.1, 0.15) is 11.5 Å². The maximum atomic E-state index is 12.2. The summed E-state index contributed by atoms with van der Waals surface area (Å²) in [6.07, 6.45) is 1.60. The number of furan rings is 1. The molecular weight excluding hydrogens is 449 g/mol. The molecule has 7 nitrogen and oxygen atoms in total. The number of halogens is 2. The Bertz CT molecular complexity index is 1220. The number of aliphatic imine (C=N–C) groups is 1. The first-order chi connectivity index (χ1) is 14.4. The summed E-state index contributed by atoms with van der Waals surface area (Å²) < 4.78 is 5.75. The minimum Gasteiger partial charge on any atom is -0.457 e. The molecule has 2 heterocycles. The van der Waals surface area contributed by atoms with Gasteiger partial charge in [0.2, 0.25) is 0 Å². The summed E-state index contributed by atoms with van der Waals surface area (Å²) in [6.45, 7) is 0. The number of amides is 1. The van der Waals surface area contributed by atoms with Gasteiger partial charge in [-0.3, -0.25) is 14.9 Å². The van der Waals surface area contributed by atoms with Crippen molar-refractivity contribution in [2.24, 2.45) is 4.99 Å². The lowest BCUT2D eigenvalue weighted by Gasteiger charge is -1.98. The van der Waals surface area contributed by atoms with Gasteiger partial charge in [-0.25, -0.2) is 4.99 Å². The second-order valence-electron chi connectivity index (χ2n) is 6.09. The summed E-state index contributed by atoms with van der Waals surface area (Å²) in [5, 5.41) is 14.7. The average molecular weight is 460 g/mol. The number of hydrogen-bond acceptors (Lipinski definition) is 6. The van der Waals surface area contributed by atoms with Gasteiger partial charge in [0.25, 0.3) is 11.6 Å². The molecule has 10 heteroatoms. The number of carbonyl (C=O) groups is 1. The van der Waals surface area contributed by atoms with Gasteiger partial charge in [-0.15, -0.1) is 0 Å². The van der Waals surface area contributed by atoms with E-state index in [2.05, 4.69) is 10.3 Å². The molecule has 0 radical (unpaired) electrons. The molecule has 0 aliphatic carbocycles. The van der Waals surface area contributed by atoms with Crippen LogP contribution in [0.5, 0.6) is 0 Å². The molecule has 0 spiro atoms. The van der Waals surface area contributed by atoms with Crippen LogP contribution in [0.1, 0.15) is 5.76 Å². The quantitative estimate of drug-likeness (QED) is 0.290. The summed E-state index contributed by atoms with van der Waals surface area (Å²) in [4.78, 5) is 27.3. The summed E-state index contributed by atoms with van der Waals surface area (Å²) in [5.74, 6) is 0.703. The second kappa shape index (κ2) is 8.35. The molecule has 1 amide bonds. The first-order valence-corrected chi connectivity index (χ1v) is 10.1. The summed E-state index contributed by atoms with van der Waals surface area (Å²) >= 11 is 13.1. The molecule has 0 unspecified atom stereocenters. The number of thioether (sulfide) groups is 1. The van der Waals surface area contributed by atoms with E-state index in [1.54, 1.807) is 48.5 Å². The van der Waals surface area contributed by atoms with Crippen molar-refractivity contribution in [1.82, 2.24) is 5.32 Å². The fourth-order valence-electron chi connectivity index (χ4n) is 2.61. The molecule has 3 aromatic rings. The predicted octanol–water partition coefficient (Wildman–Crippen LogP) is 6.05. The van der Waals surface area contributed by atoms with Gasteiger partial charge in [-0.05, 0) is 54.2 Å². The molecule has 1 saturated heterocycles. The van der Waals surface area contributed by atoms with Crippen LogP contribution in [0.4, 0.5) is 11.4 Å². The standard InChI is InChI=1S/C20H11Cl2N3O4S/c21-15-7-3-12(9-16(15)22)23-20-24-19(26)18(30-20)10-14-6-8-17(29-14)11-1-4-13(5-2-11)25(27)28/h1-10H,(H,23,24,26)/b18-10+. The number of nitro groups is 1. The van der Waals surface area contributed by atoms with E-state index in [9.17, 15) is 14.9 Å². The minimum absolute atomic E-state index is 0.000431. The van der Waals surface area contributed by atoms with E-state index in [0.717, 1.165) is 0 Å². The summed E-state index contributed by atoms with van der Waals surface area (Å²) in [7, 11) is 0. The van der Waals surface area contributed by atoms with Crippen LogP contribution in [-0.4, -0.2) is 16.0 Å². The van der Waals surface area contributed by atoms with Crippen LogP contribution in [0.15, 0.2) is 68.9 Å². The van der Waals surface area contributed by atoms with E-state index in [0.29, 0.717) is 42.9 Å². The molecule has 0 saturated carbocycles. The molecular formula is C20H11Cl2N3O4S. The third kappa shape index (κ3) is 4.40. The fourth-order valence-corrected chi connectivity index (χ4v) is 3.73. The number of benzene rings is 2. The maximum absolute atomic E-state index is 12.2. The van der Waals surface area contributed by atoms with E-state index in [4.69, 9.17) is 27.6 Å². The summed E-state index contributed by atoms with van der Waals surface area (Å²) in [5.41, 5.74) is 1.25. The van der Waals surface area contributed by atoms with Crippen LogP contribution < -0.4 is 5.32 Å². The number of nitro benzene ring substituents is 1. The SMILES string of the molecule is O=C1NC(=Nc2ccc(Cl)c(Cl)c2)S/C1=C/c1ccc(-c2ccc([N+](=O)[O-])cc2)o1. The zero-order valence-corrected chi connectivity index (χ0v) is 17.3. The number of amidine groups is 1. The molecule has 1 aromatic heterocycles. The lowest BCUT2D eigenvalue weighted by molar-refractivity contribution is -0.384. The van der Waals surface area contributed by atoms with Gasteiger partial charge in [-0.2, -0.15) is 0 Å². The molecule has 1 aliphatic rings. The number of nitrogens with zero attached hydrogens (tertiary/aromatic N) is 2. The van der Waals surface area contributed by atoms with E-state index in [-0.39, 0.29) is 11.6 Å². The van der Waals surface area contributed by atoms with Crippen molar-refractivity contribution in [2.75, 3.05) is 0 Å². The molecule has 0 bridgehead atoms. The minimum atomic E-state index is -0.463. The molecule has 4 rings (SSSR count). The van der Waals surface area contributed by atoms with Gasteiger partial charge in [-0.1, -0.05) is 23.2 Å². The van der Waals surface area contributed by atoms with Crippen LogP contribution in [0, 0.1) is 10.1 Å². The van der Waals surface area contributed by atoms with Gasteiger partial charge in [0.05, 0.1) is 25.6 Å². The van der Waals surface area contributed by atoms with E-state index in [1.165, 1.54) is 23.9 Å². The predicted molar refractivity (Wildman–Crippen MR) is 118 cm³/mol. The monoisotopic (exact) mass is 459 g/mol. The van der Waals surface area contributed by atoms with Gasteiger partial charge < -0.3 is 9.73 Å². The Labute approximate surface area is 184 Å². The van der Waals surface area contributed by atoms with Crippen LogP contribution in [-0.2, 0) is 4.79 Å². The van der Waals surface area contributed by atoms with Crippen molar-refractivity contribution < 1.29 is 14.1 Å². The second-order valence-corrected chi connectivity index (χ2v) is 7.93. The van der Waals surface area contributed by atoms with Crippen molar-refractivity contribution in [3.8, 4) is 11.3 Å². The highest BCUT2D eigenvalue weighted by Gasteiger charge is 2.24. The average Bonchev–Trinajstić information content (AvgIpc) is 3.32.